The molecule has 2 heterocycles. The molecule has 0 aromatic carbocycles. The number of hydrogen-bond acceptors (Lipinski definition) is 6. The number of pyridine rings is 1. The van der Waals surface area contributed by atoms with E-state index in [0.717, 1.165) is 5.69 Å². The van der Waals surface area contributed by atoms with Crippen LogP contribution in [0.1, 0.15) is 16.1 Å². The van der Waals surface area contributed by atoms with E-state index in [1.807, 2.05) is 6.92 Å². The van der Waals surface area contributed by atoms with Gasteiger partial charge in [0, 0.05) is 11.8 Å². The number of rotatable bonds is 3. The van der Waals surface area contributed by atoms with Crippen molar-refractivity contribution in [2.45, 2.75) is 6.92 Å². The van der Waals surface area contributed by atoms with Crippen LogP contribution in [0, 0.1) is 6.92 Å². The number of nitrogens with two attached hydrogens (primary N) is 1. The van der Waals surface area contributed by atoms with Crippen LogP contribution in [0.15, 0.2) is 18.3 Å². The van der Waals surface area contributed by atoms with Gasteiger partial charge < -0.3 is 15.2 Å². The second-order valence-corrected chi connectivity index (χ2v) is 3.60. The van der Waals surface area contributed by atoms with Crippen molar-refractivity contribution in [3.05, 3.63) is 29.6 Å². The summed E-state index contributed by atoms with van der Waals surface area (Å²) in [6.45, 7) is 1.83. The number of methoxy groups -OCH3 is 1. The second kappa shape index (κ2) is 4.74. The highest BCUT2D eigenvalue weighted by Crippen LogP contribution is 2.24. The molecule has 7 heteroatoms. The Kier molecular flexibility index (Phi) is 3.13. The molecule has 0 radical (unpaired) electrons. The van der Waals surface area contributed by atoms with Gasteiger partial charge in [-0.05, 0) is 13.0 Å². The number of ether oxygens (including phenoxy) is 2. The lowest BCUT2D eigenvalue weighted by Gasteiger charge is -2.07. The van der Waals surface area contributed by atoms with E-state index in [-0.39, 0.29) is 11.4 Å². The third-order valence-corrected chi connectivity index (χ3v) is 2.16. The fourth-order valence-corrected chi connectivity index (χ4v) is 1.35. The Morgan fingerprint density at radius 3 is 2.83 bits per heavy atom. The van der Waals surface area contributed by atoms with Crippen LogP contribution in [-0.4, -0.2) is 28.3 Å². The minimum Gasteiger partial charge on any atom is -0.465 e. The van der Waals surface area contributed by atoms with Gasteiger partial charge in [-0.2, -0.15) is 0 Å². The van der Waals surface area contributed by atoms with Crippen LogP contribution in [0.3, 0.4) is 0 Å². The maximum absolute atomic E-state index is 11.6. The maximum atomic E-state index is 11.6. The maximum Gasteiger partial charge on any atom is 0.343 e. The number of H-pyrrole nitrogens is 1. The first-order valence-electron chi connectivity index (χ1n) is 5.14. The molecule has 0 bridgehead atoms. The number of aromatic amines is 1. The van der Waals surface area contributed by atoms with Gasteiger partial charge in [-0.1, -0.05) is 0 Å². The van der Waals surface area contributed by atoms with Crippen LogP contribution >= 0.6 is 0 Å². The zero-order valence-corrected chi connectivity index (χ0v) is 9.93. The molecule has 94 valence electrons. The number of nitrogens with one attached hydrogen (secondary N) is 1. The Labute approximate surface area is 103 Å². The molecule has 0 atom stereocenters. The Morgan fingerprint density at radius 1 is 1.44 bits per heavy atom. The lowest BCUT2D eigenvalue weighted by atomic mass is 10.2. The van der Waals surface area contributed by atoms with Crippen molar-refractivity contribution >= 4 is 11.7 Å². The van der Waals surface area contributed by atoms with Gasteiger partial charge in [0.15, 0.2) is 0 Å². The number of esters is 1. The largest absolute Gasteiger partial charge is 0.465 e. The number of carbonyl (C=O) groups excluding carboxylic acids is 1. The third kappa shape index (κ3) is 2.40. The van der Waals surface area contributed by atoms with Crippen molar-refractivity contribution in [3.63, 3.8) is 0 Å². The summed E-state index contributed by atoms with van der Waals surface area (Å²) < 4.78 is 10.0. The van der Waals surface area contributed by atoms with Gasteiger partial charge in [0.25, 0.3) is 0 Å². The number of aryl methyl sites for hydroxylation is 1. The summed E-state index contributed by atoms with van der Waals surface area (Å²) >= 11 is 0. The molecule has 0 fully saturated rings. The van der Waals surface area contributed by atoms with E-state index in [1.165, 1.54) is 19.4 Å². The molecule has 7 nitrogen and oxygen atoms in total. The molecular weight excluding hydrogens is 236 g/mol. The topological polar surface area (TPSA) is 103 Å². The molecule has 2 rings (SSSR count). The zero-order valence-electron chi connectivity index (χ0n) is 9.93. The molecule has 18 heavy (non-hydrogen) atoms. The average Bonchev–Trinajstić information content (AvgIpc) is 2.76. The first-order chi connectivity index (χ1) is 8.60. The second-order valence-electron chi connectivity index (χ2n) is 3.60. The van der Waals surface area contributed by atoms with Crippen LogP contribution in [0.4, 0.5) is 5.69 Å². The average molecular weight is 248 g/mol. The normalized spacial score (nSPS) is 10.1. The third-order valence-electron chi connectivity index (χ3n) is 2.16. The zero-order chi connectivity index (χ0) is 13.1. The summed E-state index contributed by atoms with van der Waals surface area (Å²) in [6.07, 6.45) is 1.39. The van der Waals surface area contributed by atoms with E-state index < -0.39 is 5.97 Å². The van der Waals surface area contributed by atoms with E-state index in [0.29, 0.717) is 11.6 Å². The van der Waals surface area contributed by atoms with E-state index in [4.69, 9.17) is 10.5 Å². The lowest BCUT2D eigenvalue weighted by Crippen LogP contribution is -2.06. The summed E-state index contributed by atoms with van der Waals surface area (Å²) in [4.78, 5) is 15.5. The van der Waals surface area contributed by atoms with Gasteiger partial charge in [0.1, 0.15) is 5.56 Å². The van der Waals surface area contributed by atoms with Crippen LogP contribution in [-0.2, 0) is 4.74 Å². The highest BCUT2D eigenvalue weighted by Gasteiger charge is 2.16. The smallest absolute Gasteiger partial charge is 0.343 e. The molecule has 2 aromatic rings. The molecule has 0 unspecified atom stereocenters. The van der Waals surface area contributed by atoms with Crippen LogP contribution < -0.4 is 10.5 Å². The summed E-state index contributed by atoms with van der Waals surface area (Å²) in [7, 11) is 1.27. The van der Waals surface area contributed by atoms with Gasteiger partial charge in [0.2, 0.25) is 11.8 Å². The number of hydrogen-bond donors (Lipinski definition) is 2. The lowest BCUT2D eigenvalue weighted by molar-refractivity contribution is 0.0597. The van der Waals surface area contributed by atoms with Crippen molar-refractivity contribution in [2.75, 3.05) is 12.8 Å². The summed E-state index contributed by atoms with van der Waals surface area (Å²) in [5.41, 5.74) is 6.90. The predicted octanol–water partition coefficient (Wildman–Crippen LogP) is 1.27. The minimum atomic E-state index is -0.572. The van der Waals surface area contributed by atoms with E-state index >= 15 is 0 Å². The molecule has 0 saturated heterocycles. The molecule has 2 aromatic heterocycles. The molecule has 3 N–H and O–H groups in total. The highest BCUT2D eigenvalue weighted by atomic mass is 16.5. The Balaban J connectivity index is 2.35. The molecular formula is C11H12N4O3. The van der Waals surface area contributed by atoms with Crippen molar-refractivity contribution in [1.29, 1.82) is 0 Å². The van der Waals surface area contributed by atoms with Gasteiger partial charge in [-0.25, -0.2) is 9.78 Å². The highest BCUT2D eigenvalue weighted by molar-refractivity contribution is 5.92. The number of nitrogen functional groups attached to an aromatic ring is 1. The van der Waals surface area contributed by atoms with Gasteiger partial charge in [0.05, 0.1) is 19.0 Å². The molecule has 0 amide bonds. The first-order valence-corrected chi connectivity index (χ1v) is 5.14. The van der Waals surface area contributed by atoms with Gasteiger partial charge in [-0.3, -0.25) is 5.10 Å². The molecule has 0 aliphatic heterocycles. The number of aromatic nitrogens is 3. The summed E-state index contributed by atoms with van der Waals surface area (Å²) in [5, 5.41) is 6.61. The van der Waals surface area contributed by atoms with Crippen molar-refractivity contribution in [2.24, 2.45) is 0 Å². The monoisotopic (exact) mass is 248 g/mol. The predicted molar refractivity (Wildman–Crippen MR) is 63.4 cm³/mol. The summed E-state index contributed by atoms with van der Waals surface area (Å²) in [6, 6.07) is 3.12. The van der Waals surface area contributed by atoms with Crippen LogP contribution in [0.5, 0.6) is 11.8 Å². The molecule has 0 spiro atoms. The molecule has 0 saturated carbocycles. The fraction of sp³-hybridized carbons (Fsp3) is 0.182. The van der Waals surface area contributed by atoms with Gasteiger partial charge in [-0.15, -0.1) is 5.10 Å². The number of carbonyl (C=O) groups is 1. The van der Waals surface area contributed by atoms with E-state index in [2.05, 4.69) is 19.9 Å². The van der Waals surface area contributed by atoms with E-state index in [9.17, 15) is 4.79 Å². The quantitative estimate of drug-likeness (QED) is 0.793. The SMILES string of the molecule is COC(=O)c1cc(N)cnc1Oc1cc(C)[nH]n1. The number of anilines is 1. The fourth-order valence-electron chi connectivity index (χ4n) is 1.35. The summed E-state index contributed by atoms with van der Waals surface area (Å²) in [5.74, 6) is -0.158. The first kappa shape index (κ1) is 11.9. The Morgan fingerprint density at radius 2 is 2.22 bits per heavy atom. The molecule has 0 aliphatic carbocycles. The van der Waals surface area contributed by atoms with Crippen molar-refractivity contribution in [3.8, 4) is 11.8 Å². The Hall–Kier alpha value is -2.57. The van der Waals surface area contributed by atoms with E-state index in [1.54, 1.807) is 6.07 Å². The van der Waals surface area contributed by atoms with Gasteiger partial charge >= 0.3 is 5.97 Å². The molecule has 0 aliphatic rings. The minimum absolute atomic E-state index is 0.0996. The number of nitrogens with zero attached hydrogens (tertiary/aromatic N) is 2. The standard InChI is InChI=1S/C11H12N4O3/c1-6-3-9(15-14-6)18-10-8(11(16)17-2)4-7(12)5-13-10/h3-5H,12H2,1-2H3,(H,14,15). The van der Waals surface area contributed by atoms with Crippen LogP contribution in [0.2, 0.25) is 0 Å². The van der Waals surface area contributed by atoms with Crippen LogP contribution in [0.25, 0.3) is 0 Å². The Bertz CT molecular complexity index is 579. The van der Waals surface area contributed by atoms with Crippen molar-refractivity contribution < 1.29 is 14.3 Å². The van der Waals surface area contributed by atoms with Crippen molar-refractivity contribution in [1.82, 2.24) is 15.2 Å².